The first-order valence-electron chi connectivity index (χ1n) is 6.67. The van der Waals surface area contributed by atoms with E-state index in [4.69, 9.17) is 21.1 Å². The fourth-order valence-electron chi connectivity index (χ4n) is 1.82. The third kappa shape index (κ3) is 4.32. The maximum atomic E-state index is 13.1. The zero-order chi connectivity index (χ0) is 17.0. The number of hydrogen-bond acceptors (Lipinski definition) is 3. The van der Waals surface area contributed by atoms with Crippen LogP contribution in [-0.4, -0.2) is 19.1 Å². The zero-order valence-electron chi connectivity index (χ0n) is 12.4. The summed E-state index contributed by atoms with van der Waals surface area (Å²) in [4.78, 5) is 12.1. The molecule has 1 unspecified atom stereocenters. The first kappa shape index (κ1) is 17.0. The van der Waals surface area contributed by atoms with Crippen LogP contribution in [-0.2, 0) is 4.79 Å². The molecule has 0 saturated heterocycles. The summed E-state index contributed by atoms with van der Waals surface area (Å²) < 4.78 is 36.4. The molecule has 0 aromatic heterocycles. The second-order valence-electron chi connectivity index (χ2n) is 4.67. The second kappa shape index (κ2) is 7.28. The van der Waals surface area contributed by atoms with Crippen LogP contribution in [0.3, 0.4) is 0 Å². The van der Waals surface area contributed by atoms with Crippen LogP contribution in [0.15, 0.2) is 36.4 Å². The summed E-state index contributed by atoms with van der Waals surface area (Å²) in [6, 6.07) is 7.80. The van der Waals surface area contributed by atoms with E-state index in [1.165, 1.54) is 26.2 Å². The van der Waals surface area contributed by atoms with Crippen molar-refractivity contribution >= 4 is 23.2 Å². The molecule has 0 saturated carbocycles. The molecule has 4 nitrogen and oxygen atoms in total. The second-order valence-corrected chi connectivity index (χ2v) is 5.11. The van der Waals surface area contributed by atoms with Crippen LogP contribution in [0.4, 0.5) is 14.5 Å². The smallest absolute Gasteiger partial charge is 0.265 e. The molecule has 23 heavy (non-hydrogen) atoms. The molecule has 0 bridgehead atoms. The third-order valence-electron chi connectivity index (χ3n) is 2.99. The Bertz CT molecular complexity index is 724. The summed E-state index contributed by atoms with van der Waals surface area (Å²) >= 11 is 5.88. The number of carbonyl (C=O) groups is 1. The van der Waals surface area contributed by atoms with Gasteiger partial charge in [0, 0.05) is 11.1 Å². The largest absolute Gasteiger partial charge is 0.495 e. The summed E-state index contributed by atoms with van der Waals surface area (Å²) in [5, 5.41) is 3.03. The molecule has 2 rings (SSSR count). The van der Waals surface area contributed by atoms with Crippen LogP contribution in [0.25, 0.3) is 0 Å². The van der Waals surface area contributed by atoms with Gasteiger partial charge in [-0.25, -0.2) is 8.78 Å². The predicted octanol–water partition coefficient (Wildman–Crippen LogP) is 4.03. The lowest BCUT2D eigenvalue weighted by Crippen LogP contribution is -2.30. The van der Waals surface area contributed by atoms with Crippen molar-refractivity contribution in [1.29, 1.82) is 0 Å². The maximum Gasteiger partial charge on any atom is 0.265 e. The van der Waals surface area contributed by atoms with Gasteiger partial charge in [-0.05, 0) is 37.3 Å². The average molecular weight is 342 g/mol. The predicted molar refractivity (Wildman–Crippen MR) is 83.1 cm³/mol. The minimum absolute atomic E-state index is 0.0459. The lowest BCUT2D eigenvalue weighted by atomic mass is 10.2. The average Bonchev–Trinajstić information content (AvgIpc) is 2.51. The van der Waals surface area contributed by atoms with Gasteiger partial charge in [0.1, 0.15) is 11.5 Å². The van der Waals surface area contributed by atoms with Crippen molar-refractivity contribution in [1.82, 2.24) is 0 Å². The molecule has 0 spiro atoms. The fraction of sp³-hybridized carbons (Fsp3) is 0.188. The van der Waals surface area contributed by atoms with Crippen molar-refractivity contribution in [3.05, 3.63) is 53.1 Å². The van der Waals surface area contributed by atoms with Crippen LogP contribution in [0.2, 0.25) is 5.02 Å². The molecule has 0 aliphatic heterocycles. The Labute approximate surface area is 137 Å². The Morgan fingerprint density at radius 1 is 1.17 bits per heavy atom. The van der Waals surface area contributed by atoms with E-state index in [0.29, 0.717) is 16.5 Å². The van der Waals surface area contributed by atoms with Crippen molar-refractivity contribution < 1.29 is 23.0 Å². The van der Waals surface area contributed by atoms with Gasteiger partial charge in [-0.3, -0.25) is 4.79 Å². The monoisotopic (exact) mass is 341 g/mol. The number of carbonyl (C=O) groups excluding carboxylic acids is 1. The van der Waals surface area contributed by atoms with Crippen LogP contribution < -0.4 is 14.8 Å². The standard InChI is InChI=1S/C16H14ClF2NO3/c1-9(23-11-4-5-12(18)13(19)8-11)16(21)20-14-7-10(17)3-6-15(14)22-2/h3-9H,1-2H3,(H,20,21). The molecule has 1 atom stereocenters. The van der Waals surface area contributed by atoms with E-state index in [-0.39, 0.29) is 5.75 Å². The molecule has 1 amide bonds. The van der Waals surface area contributed by atoms with E-state index in [1.807, 2.05) is 0 Å². The van der Waals surface area contributed by atoms with Crippen molar-refractivity contribution in [3.63, 3.8) is 0 Å². The first-order chi connectivity index (χ1) is 10.9. The van der Waals surface area contributed by atoms with Crippen LogP contribution in [0, 0.1) is 11.6 Å². The lowest BCUT2D eigenvalue weighted by Gasteiger charge is -2.16. The normalized spacial score (nSPS) is 11.7. The molecular formula is C16H14ClF2NO3. The molecule has 0 aliphatic rings. The number of methoxy groups -OCH3 is 1. The van der Waals surface area contributed by atoms with Gasteiger partial charge in [-0.1, -0.05) is 11.6 Å². The Morgan fingerprint density at radius 2 is 1.91 bits per heavy atom. The van der Waals surface area contributed by atoms with Crippen molar-refractivity contribution in [2.45, 2.75) is 13.0 Å². The molecule has 122 valence electrons. The Balaban J connectivity index is 2.08. The summed E-state index contributed by atoms with van der Waals surface area (Å²) in [5.41, 5.74) is 0.380. The van der Waals surface area contributed by atoms with E-state index < -0.39 is 23.6 Å². The van der Waals surface area contributed by atoms with Crippen molar-refractivity contribution in [2.75, 3.05) is 12.4 Å². The van der Waals surface area contributed by atoms with Gasteiger partial charge < -0.3 is 14.8 Å². The fourth-order valence-corrected chi connectivity index (χ4v) is 1.99. The van der Waals surface area contributed by atoms with Crippen molar-refractivity contribution in [2.24, 2.45) is 0 Å². The molecule has 2 aromatic carbocycles. The Kier molecular flexibility index (Phi) is 5.39. The summed E-state index contributed by atoms with van der Waals surface area (Å²) in [5.74, 6) is -2.05. The number of benzene rings is 2. The van der Waals surface area contributed by atoms with Crippen LogP contribution in [0.5, 0.6) is 11.5 Å². The number of nitrogens with one attached hydrogen (secondary N) is 1. The highest BCUT2D eigenvalue weighted by molar-refractivity contribution is 6.31. The molecular weight excluding hydrogens is 328 g/mol. The number of rotatable bonds is 5. The quantitative estimate of drug-likeness (QED) is 0.893. The minimum atomic E-state index is -1.05. The molecule has 0 radical (unpaired) electrons. The summed E-state index contributed by atoms with van der Waals surface area (Å²) in [6.07, 6.45) is -0.941. The van der Waals surface area contributed by atoms with Gasteiger partial charge in [-0.2, -0.15) is 0 Å². The number of halogens is 3. The van der Waals surface area contributed by atoms with E-state index in [1.54, 1.807) is 12.1 Å². The lowest BCUT2D eigenvalue weighted by molar-refractivity contribution is -0.122. The van der Waals surface area contributed by atoms with Gasteiger partial charge in [0.05, 0.1) is 12.8 Å². The maximum absolute atomic E-state index is 13.1. The van der Waals surface area contributed by atoms with E-state index in [0.717, 1.165) is 12.1 Å². The molecule has 0 fully saturated rings. The third-order valence-corrected chi connectivity index (χ3v) is 3.23. The SMILES string of the molecule is COc1ccc(Cl)cc1NC(=O)C(C)Oc1ccc(F)c(F)c1. The van der Waals surface area contributed by atoms with E-state index in [2.05, 4.69) is 5.32 Å². The summed E-state index contributed by atoms with van der Waals surface area (Å²) in [6.45, 7) is 1.48. The van der Waals surface area contributed by atoms with Gasteiger partial charge >= 0.3 is 0 Å². The number of anilines is 1. The Hall–Kier alpha value is -2.34. The molecule has 1 N–H and O–H groups in total. The first-order valence-corrected chi connectivity index (χ1v) is 7.04. The Morgan fingerprint density at radius 3 is 2.57 bits per heavy atom. The van der Waals surface area contributed by atoms with Gasteiger partial charge in [0.15, 0.2) is 17.7 Å². The molecule has 0 aliphatic carbocycles. The number of hydrogen-bond donors (Lipinski definition) is 1. The zero-order valence-corrected chi connectivity index (χ0v) is 13.2. The molecule has 0 heterocycles. The van der Waals surface area contributed by atoms with Crippen molar-refractivity contribution in [3.8, 4) is 11.5 Å². The van der Waals surface area contributed by atoms with Gasteiger partial charge in [0.25, 0.3) is 5.91 Å². The molecule has 2 aromatic rings. The van der Waals surface area contributed by atoms with Crippen LogP contribution >= 0.6 is 11.6 Å². The van der Waals surface area contributed by atoms with Gasteiger partial charge in [-0.15, -0.1) is 0 Å². The van der Waals surface area contributed by atoms with Gasteiger partial charge in [0.2, 0.25) is 0 Å². The highest BCUT2D eigenvalue weighted by Gasteiger charge is 2.17. The number of amides is 1. The van der Waals surface area contributed by atoms with Crippen LogP contribution in [0.1, 0.15) is 6.92 Å². The highest BCUT2D eigenvalue weighted by Crippen LogP contribution is 2.28. The highest BCUT2D eigenvalue weighted by atomic mass is 35.5. The van der Waals surface area contributed by atoms with E-state index in [9.17, 15) is 13.6 Å². The van der Waals surface area contributed by atoms with E-state index >= 15 is 0 Å². The summed E-state index contributed by atoms with van der Waals surface area (Å²) in [7, 11) is 1.46. The number of ether oxygens (including phenoxy) is 2. The topological polar surface area (TPSA) is 47.6 Å². The molecule has 7 heteroatoms. The minimum Gasteiger partial charge on any atom is -0.495 e.